The molecule has 2 aliphatic rings. The third-order valence-corrected chi connectivity index (χ3v) is 6.97. The van der Waals surface area contributed by atoms with Crippen LogP contribution in [0.2, 0.25) is 0 Å². The summed E-state index contributed by atoms with van der Waals surface area (Å²) in [5.74, 6) is 3.58. The number of morpholine rings is 1. The van der Waals surface area contributed by atoms with Crippen LogP contribution >= 0.6 is 0 Å². The van der Waals surface area contributed by atoms with Gasteiger partial charge in [0.25, 0.3) is 0 Å². The van der Waals surface area contributed by atoms with Crippen LogP contribution in [-0.2, 0) is 11.2 Å². The van der Waals surface area contributed by atoms with E-state index in [1.54, 1.807) is 12.4 Å². The maximum Gasteiger partial charge on any atom is 0.249 e. The van der Waals surface area contributed by atoms with Gasteiger partial charge in [-0.15, -0.1) is 10.2 Å². The second kappa shape index (κ2) is 11.2. The fraction of sp³-hybridized carbons (Fsp3) is 0.640. The van der Waals surface area contributed by atoms with Crippen molar-refractivity contribution >= 4 is 0 Å². The molecule has 0 bridgehead atoms. The summed E-state index contributed by atoms with van der Waals surface area (Å²) in [6, 6.07) is 3.83. The number of rotatable bonds is 9. The van der Waals surface area contributed by atoms with E-state index in [0.29, 0.717) is 35.5 Å². The molecule has 0 unspecified atom stereocenters. The fourth-order valence-electron chi connectivity index (χ4n) is 4.99. The van der Waals surface area contributed by atoms with Crippen molar-refractivity contribution in [3.8, 4) is 11.5 Å². The number of allylic oxidation sites excluding steroid dienone is 1. The molecule has 0 saturated carbocycles. The van der Waals surface area contributed by atoms with Crippen molar-refractivity contribution in [1.29, 1.82) is 0 Å². The minimum Gasteiger partial charge on any atom is -0.421 e. The van der Waals surface area contributed by atoms with E-state index in [1.807, 2.05) is 12.1 Å². The summed E-state index contributed by atoms with van der Waals surface area (Å²) in [6.07, 6.45) is 7.97. The van der Waals surface area contributed by atoms with Crippen LogP contribution in [0.15, 0.2) is 40.6 Å². The van der Waals surface area contributed by atoms with Gasteiger partial charge in [-0.05, 0) is 49.1 Å². The Morgan fingerprint density at radius 3 is 2.81 bits per heavy atom. The molecule has 1 fully saturated rings. The normalized spacial score (nSPS) is 24.6. The van der Waals surface area contributed by atoms with Gasteiger partial charge in [-0.3, -0.25) is 9.88 Å². The summed E-state index contributed by atoms with van der Waals surface area (Å²) >= 11 is 0. The zero-order chi connectivity index (χ0) is 22.3. The van der Waals surface area contributed by atoms with Crippen LogP contribution in [0.3, 0.4) is 0 Å². The molecule has 2 aromatic rings. The van der Waals surface area contributed by atoms with Gasteiger partial charge in [0.05, 0.1) is 18.8 Å². The molecule has 1 aliphatic carbocycles. The molecule has 0 radical (unpaired) electrons. The van der Waals surface area contributed by atoms with Crippen LogP contribution in [0, 0.1) is 23.7 Å². The van der Waals surface area contributed by atoms with Crippen molar-refractivity contribution < 1.29 is 9.15 Å². The van der Waals surface area contributed by atoms with Gasteiger partial charge in [0.1, 0.15) is 0 Å². The number of hydrogen-bond donors (Lipinski definition) is 1. The van der Waals surface area contributed by atoms with Gasteiger partial charge in [-0.1, -0.05) is 25.5 Å². The largest absolute Gasteiger partial charge is 0.421 e. The molecule has 1 N–H and O–H groups in total. The van der Waals surface area contributed by atoms with E-state index in [0.717, 1.165) is 57.9 Å². The molecule has 174 valence electrons. The van der Waals surface area contributed by atoms with Gasteiger partial charge in [-0.2, -0.15) is 0 Å². The van der Waals surface area contributed by atoms with Crippen molar-refractivity contribution in [3.63, 3.8) is 0 Å². The maximum atomic E-state index is 5.97. The second-order valence-corrected chi connectivity index (χ2v) is 9.52. The highest BCUT2D eigenvalue weighted by Gasteiger charge is 2.32. The summed E-state index contributed by atoms with van der Waals surface area (Å²) < 4.78 is 11.4. The Bertz CT molecular complexity index is 860. The highest BCUT2D eigenvalue weighted by atomic mass is 16.5. The number of nitrogens with one attached hydrogen (secondary N) is 1. The smallest absolute Gasteiger partial charge is 0.249 e. The lowest BCUT2D eigenvalue weighted by atomic mass is 9.70. The Kier molecular flexibility index (Phi) is 8.05. The van der Waals surface area contributed by atoms with Crippen LogP contribution < -0.4 is 5.32 Å². The summed E-state index contributed by atoms with van der Waals surface area (Å²) in [7, 11) is 0. The second-order valence-electron chi connectivity index (χ2n) is 9.52. The topological polar surface area (TPSA) is 76.3 Å². The van der Waals surface area contributed by atoms with E-state index in [4.69, 9.17) is 9.15 Å². The molecule has 1 saturated heterocycles. The molecule has 7 heteroatoms. The summed E-state index contributed by atoms with van der Waals surface area (Å²) in [4.78, 5) is 6.63. The van der Waals surface area contributed by atoms with Gasteiger partial charge in [0.2, 0.25) is 11.8 Å². The van der Waals surface area contributed by atoms with Crippen LogP contribution in [0.5, 0.6) is 0 Å². The number of nitrogens with zero attached hydrogens (tertiary/aromatic N) is 4. The lowest BCUT2D eigenvalue weighted by molar-refractivity contribution is 0.0382. The average molecular weight is 440 g/mol. The Morgan fingerprint density at radius 1 is 1.22 bits per heavy atom. The lowest BCUT2D eigenvalue weighted by Crippen LogP contribution is -2.42. The van der Waals surface area contributed by atoms with Gasteiger partial charge in [-0.25, -0.2) is 0 Å². The first-order valence-electron chi connectivity index (χ1n) is 12.0. The minimum absolute atomic E-state index is 0.453. The summed E-state index contributed by atoms with van der Waals surface area (Å²) in [6.45, 7) is 14.0. The van der Waals surface area contributed by atoms with Gasteiger partial charge >= 0.3 is 0 Å². The summed E-state index contributed by atoms with van der Waals surface area (Å²) in [5.41, 5.74) is 2.31. The van der Waals surface area contributed by atoms with Crippen LogP contribution in [0.25, 0.3) is 11.5 Å². The Labute approximate surface area is 191 Å². The number of hydrogen-bond acceptors (Lipinski definition) is 7. The molecule has 2 aromatic heterocycles. The molecule has 0 amide bonds. The van der Waals surface area contributed by atoms with Crippen LogP contribution in [0.1, 0.15) is 33.1 Å². The molecule has 0 spiro atoms. The number of pyridine rings is 1. The quantitative estimate of drug-likeness (QED) is 0.474. The first-order chi connectivity index (χ1) is 15.6. The minimum atomic E-state index is 0.453. The molecule has 3 atom stereocenters. The monoisotopic (exact) mass is 439 g/mol. The van der Waals surface area contributed by atoms with Crippen molar-refractivity contribution in [2.45, 2.75) is 33.6 Å². The van der Waals surface area contributed by atoms with Gasteiger partial charge < -0.3 is 14.5 Å². The van der Waals surface area contributed by atoms with E-state index in [1.165, 1.54) is 12.0 Å². The van der Waals surface area contributed by atoms with E-state index < -0.39 is 0 Å². The highest BCUT2D eigenvalue weighted by Crippen LogP contribution is 2.38. The molecule has 32 heavy (non-hydrogen) atoms. The zero-order valence-electron chi connectivity index (χ0n) is 19.7. The van der Waals surface area contributed by atoms with Gasteiger partial charge in [0, 0.05) is 51.5 Å². The molecule has 4 rings (SSSR count). The highest BCUT2D eigenvalue weighted by molar-refractivity contribution is 5.49. The number of aromatic nitrogens is 3. The van der Waals surface area contributed by atoms with Crippen molar-refractivity contribution in [2.24, 2.45) is 23.7 Å². The third kappa shape index (κ3) is 6.03. The third-order valence-electron chi connectivity index (χ3n) is 6.97. The fourth-order valence-corrected chi connectivity index (χ4v) is 4.99. The first-order valence-corrected chi connectivity index (χ1v) is 12.0. The van der Waals surface area contributed by atoms with Gasteiger partial charge in [0.15, 0.2) is 0 Å². The van der Waals surface area contributed by atoms with E-state index in [2.05, 4.69) is 52.2 Å². The lowest BCUT2D eigenvalue weighted by Gasteiger charge is -2.37. The molecule has 7 nitrogen and oxygen atoms in total. The molecular formula is C25H37N5O2. The molecular weight excluding hydrogens is 402 g/mol. The zero-order valence-corrected chi connectivity index (χ0v) is 19.7. The SMILES string of the molecule is CC1=C[C@@H](CNCCN2CCOCC2)[C@H](C(C)C)C[C@H]1Cc1nnc(-c2cccnc2)o1. The molecule has 0 aromatic carbocycles. The van der Waals surface area contributed by atoms with Crippen molar-refractivity contribution in [2.75, 3.05) is 45.9 Å². The maximum absolute atomic E-state index is 5.97. The Morgan fingerprint density at radius 2 is 2.06 bits per heavy atom. The Balaban J connectivity index is 1.33. The van der Waals surface area contributed by atoms with Crippen LogP contribution in [-0.4, -0.2) is 66.0 Å². The molecule has 3 heterocycles. The first kappa shape index (κ1) is 23.1. The molecule has 1 aliphatic heterocycles. The van der Waals surface area contributed by atoms with Crippen LogP contribution in [0.4, 0.5) is 0 Å². The summed E-state index contributed by atoms with van der Waals surface area (Å²) in [5, 5.41) is 12.3. The Hall–Kier alpha value is -2.09. The predicted octanol–water partition coefficient (Wildman–Crippen LogP) is 3.45. The van der Waals surface area contributed by atoms with Crippen molar-refractivity contribution in [1.82, 2.24) is 25.4 Å². The van der Waals surface area contributed by atoms with E-state index in [-0.39, 0.29) is 0 Å². The van der Waals surface area contributed by atoms with E-state index >= 15 is 0 Å². The predicted molar refractivity (Wildman–Crippen MR) is 125 cm³/mol. The average Bonchev–Trinajstić information content (AvgIpc) is 3.28. The van der Waals surface area contributed by atoms with Crippen molar-refractivity contribution in [3.05, 3.63) is 42.1 Å². The number of ether oxygens (including phenoxy) is 1. The van der Waals surface area contributed by atoms with E-state index in [9.17, 15) is 0 Å². The standard InChI is InChI=1S/C25H37N5O2/c1-18(2)23-14-21(15-24-28-29-25(32-24)20-5-4-6-26-16-20)19(3)13-22(23)17-27-7-8-30-9-11-31-12-10-30/h4-6,13,16,18,21-23,27H,7-12,14-15,17H2,1-3H3/t21-,22-,23-/m0/s1.